The summed E-state index contributed by atoms with van der Waals surface area (Å²) in [6.45, 7) is 3.71. The number of hydrogen-bond acceptors (Lipinski definition) is 3. The molecular weight excluding hydrogens is 254 g/mol. The van der Waals surface area contributed by atoms with E-state index in [-0.39, 0.29) is 6.04 Å². The minimum absolute atomic E-state index is 0.0367. The second-order valence-corrected chi connectivity index (χ2v) is 6.16. The molecule has 1 heterocycles. The van der Waals surface area contributed by atoms with Crippen molar-refractivity contribution in [1.82, 2.24) is 0 Å². The van der Waals surface area contributed by atoms with Crippen molar-refractivity contribution < 1.29 is 4.74 Å². The summed E-state index contributed by atoms with van der Waals surface area (Å²) in [5.74, 6) is 0. The van der Waals surface area contributed by atoms with Crippen LogP contribution in [-0.4, -0.2) is 18.5 Å². The van der Waals surface area contributed by atoms with E-state index in [1.165, 1.54) is 0 Å². The number of halogens is 1. The molecule has 1 fully saturated rings. The van der Waals surface area contributed by atoms with E-state index in [0.717, 1.165) is 41.5 Å². The molecule has 0 aliphatic carbocycles. The van der Waals surface area contributed by atoms with E-state index in [2.05, 4.69) is 12.1 Å². The second-order valence-electron chi connectivity index (χ2n) is 4.41. The molecule has 4 heteroatoms. The zero-order valence-electron chi connectivity index (χ0n) is 9.99. The van der Waals surface area contributed by atoms with E-state index in [1.807, 2.05) is 24.8 Å². The summed E-state index contributed by atoms with van der Waals surface area (Å²) >= 11 is 8.14. The number of hydrogen-bond donors (Lipinski definition) is 1. The van der Waals surface area contributed by atoms with Gasteiger partial charge < -0.3 is 10.5 Å². The van der Waals surface area contributed by atoms with Gasteiger partial charge in [0.15, 0.2) is 0 Å². The predicted molar refractivity (Wildman–Crippen MR) is 73.8 cm³/mol. The summed E-state index contributed by atoms with van der Waals surface area (Å²) in [6, 6.07) is 6.17. The van der Waals surface area contributed by atoms with Crippen LogP contribution in [0.3, 0.4) is 0 Å². The molecule has 0 saturated carbocycles. The number of rotatable bonds is 3. The SMILES string of the molecule is CC(N)c1ccc(SC2CCOCC2)c(Cl)c1. The van der Waals surface area contributed by atoms with Crippen molar-refractivity contribution in [2.75, 3.05) is 13.2 Å². The van der Waals surface area contributed by atoms with Gasteiger partial charge in [0.25, 0.3) is 0 Å². The van der Waals surface area contributed by atoms with E-state index in [1.54, 1.807) is 0 Å². The van der Waals surface area contributed by atoms with E-state index >= 15 is 0 Å². The highest BCUT2D eigenvalue weighted by Crippen LogP contribution is 2.35. The number of benzene rings is 1. The number of thioether (sulfide) groups is 1. The lowest BCUT2D eigenvalue weighted by Gasteiger charge is -2.22. The van der Waals surface area contributed by atoms with E-state index in [4.69, 9.17) is 22.1 Å². The summed E-state index contributed by atoms with van der Waals surface area (Å²) in [5.41, 5.74) is 6.92. The van der Waals surface area contributed by atoms with Gasteiger partial charge in [-0.05, 0) is 37.5 Å². The normalized spacial score (nSPS) is 19.2. The lowest BCUT2D eigenvalue weighted by atomic mass is 10.1. The molecule has 17 heavy (non-hydrogen) atoms. The minimum atomic E-state index is 0.0367. The lowest BCUT2D eigenvalue weighted by molar-refractivity contribution is 0.100. The summed E-state index contributed by atoms with van der Waals surface area (Å²) in [7, 11) is 0. The van der Waals surface area contributed by atoms with Gasteiger partial charge in [-0.3, -0.25) is 0 Å². The number of nitrogens with two attached hydrogens (primary N) is 1. The van der Waals surface area contributed by atoms with Crippen LogP contribution in [-0.2, 0) is 4.74 Å². The van der Waals surface area contributed by atoms with Crippen LogP contribution in [0.2, 0.25) is 5.02 Å². The van der Waals surface area contributed by atoms with Crippen LogP contribution in [0, 0.1) is 0 Å². The van der Waals surface area contributed by atoms with Crippen molar-refractivity contribution in [3.63, 3.8) is 0 Å². The quantitative estimate of drug-likeness (QED) is 0.912. The molecule has 1 aromatic carbocycles. The topological polar surface area (TPSA) is 35.2 Å². The fraction of sp³-hybridized carbons (Fsp3) is 0.538. The van der Waals surface area contributed by atoms with Gasteiger partial charge in [0.2, 0.25) is 0 Å². The largest absolute Gasteiger partial charge is 0.381 e. The van der Waals surface area contributed by atoms with Crippen molar-refractivity contribution in [3.8, 4) is 0 Å². The molecule has 1 unspecified atom stereocenters. The van der Waals surface area contributed by atoms with Crippen molar-refractivity contribution in [2.24, 2.45) is 5.73 Å². The molecule has 94 valence electrons. The highest BCUT2D eigenvalue weighted by atomic mass is 35.5. The maximum atomic E-state index is 6.29. The van der Waals surface area contributed by atoms with Crippen LogP contribution in [0.25, 0.3) is 0 Å². The van der Waals surface area contributed by atoms with Gasteiger partial charge in [0, 0.05) is 29.4 Å². The van der Waals surface area contributed by atoms with E-state index in [9.17, 15) is 0 Å². The standard InChI is InChI=1S/C13H18ClNOS/c1-9(15)10-2-3-13(12(14)8-10)17-11-4-6-16-7-5-11/h2-3,8-9,11H,4-7,15H2,1H3. The summed E-state index contributed by atoms with van der Waals surface area (Å²) < 4.78 is 5.36. The Hall–Kier alpha value is -0.220. The van der Waals surface area contributed by atoms with E-state index in [0.29, 0.717) is 5.25 Å². The molecule has 2 rings (SSSR count). The van der Waals surface area contributed by atoms with Crippen LogP contribution in [0.1, 0.15) is 31.4 Å². The Morgan fingerprint density at radius 2 is 2.12 bits per heavy atom. The van der Waals surface area contributed by atoms with Gasteiger partial charge in [0.05, 0.1) is 5.02 Å². The Morgan fingerprint density at radius 3 is 2.71 bits per heavy atom. The number of ether oxygens (including phenoxy) is 1. The zero-order chi connectivity index (χ0) is 12.3. The van der Waals surface area contributed by atoms with Gasteiger partial charge in [0.1, 0.15) is 0 Å². The molecule has 0 amide bonds. The molecule has 0 aromatic heterocycles. The molecule has 2 N–H and O–H groups in total. The third-order valence-electron chi connectivity index (χ3n) is 2.94. The molecule has 1 aromatic rings. The Labute approximate surface area is 112 Å². The monoisotopic (exact) mass is 271 g/mol. The smallest absolute Gasteiger partial charge is 0.0545 e. The molecular formula is C13H18ClNOS. The third kappa shape index (κ3) is 3.62. The first-order chi connectivity index (χ1) is 8.16. The molecule has 1 saturated heterocycles. The predicted octanol–water partition coefficient (Wildman–Crippen LogP) is 3.63. The van der Waals surface area contributed by atoms with Crippen molar-refractivity contribution in [1.29, 1.82) is 0 Å². The molecule has 1 aliphatic rings. The Balaban J connectivity index is 2.05. The van der Waals surface area contributed by atoms with Crippen LogP contribution in [0.4, 0.5) is 0 Å². The summed E-state index contributed by atoms with van der Waals surface area (Å²) in [5, 5.41) is 1.44. The van der Waals surface area contributed by atoms with Crippen LogP contribution >= 0.6 is 23.4 Å². The molecule has 1 atom stereocenters. The van der Waals surface area contributed by atoms with Gasteiger partial charge in [-0.25, -0.2) is 0 Å². The fourth-order valence-electron chi connectivity index (χ4n) is 1.87. The van der Waals surface area contributed by atoms with Crippen LogP contribution in [0.15, 0.2) is 23.1 Å². The Kier molecular flexibility index (Phi) is 4.74. The average Bonchev–Trinajstić information content (AvgIpc) is 2.33. The van der Waals surface area contributed by atoms with Gasteiger partial charge in [-0.1, -0.05) is 17.7 Å². The lowest BCUT2D eigenvalue weighted by Crippen LogP contribution is -2.17. The first-order valence-corrected chi connectivity index (χ1v) is 7.22. The zero-order valence-corrected chi connectivity index (χ0v) is 11.6. The molecule has 0 radical (unpaired) electrons. The highest BCUT2D eigenvalue weighted by molar-refractivity contribution is 8.00. The molecule has 0 bridgehead atoms. The van der Waals surface area contributed by atoms with Gasteiger partial charge in [-0.2, -0.15) is 0 Å². The molecule has 0 spiro atoms. The molecule has 1 aliphatic heterocycles. The minimum Gasteiger partial charge on any atom is -0.381 e. The van der Waals surface area contributed by atoms with Crippen LogP contribution < -0.4 is 5.73 Å². The fourth-order valence-corrected chi connectivity index (χ4v) is 3.30. The van der Waals surface area contributed by atoms with Crippen LogP contribution in [0.5, 0.6) is 0 Å². The second kappa shape index (κ2) is 6.10. The summed E-state index contributed by atoms with van der Waals surface area (Å²) in [6.07, 6.45) is 2.21. The summed E-state index contributed by atoms with van der Waals surface area (Å²) in [4.78, 5) is 1.16. The Morgan fingerprint density at radius 1 is 1.41 bits per heavy atom. The Bertz CT molecular complexity index is 378. The molecule has 2 nitrogen and oxygen atoms in total. The van der Waals surface area contributed by atoms with Crippen molar-refractivity contribution in [3.05, 3.63) is 28.8 Å². The third-order valence-corrected chi connectivity index (χ3v) is 4.78. The van der Waals surface area contributed by atoms with Crippen molar-refractivity contribution in [2.45, 2.75) is 36.0 Å². The van der Waals surface area contributed by atoms with E-state index < -0.39 is 0 Å². The maximum Gasteiger partial charge on any atom is 0.0545 e. The first kappa shape index (κ1) is 13.2. The average molecular weight is 272 g/mol. The first-order valence-electron chi connectivity index (χ1n) is 5.96. The van der Waals surface area contributed by atoms with Gasteiger partial charge in [-0.15, -0.1) is 11.8 Å². The van der Waals surface area contributed by atoms with Crippen molar-refractivity contribution >= 4 is 23.4 Å². The highest BCUT2D eigenvalue weighted by Gasteiger charge is 2.16. The maximum absolute atomic E-state index is 6.29. The van der Waals surface area contributed by atoms with Gasteiger partial charge >= 0.3 is 0 Å².